The second kappa shape index (κ2) is 9.09. The maximum absolute atomic E-state index is 13.2. The molecule has 194 valence electrons. The lowest BCUT2D eigenvalue weighted by molar-refractivity contribution is -0.184. The molecule has 0 aliphatic heterocycles. The van der Waals surface area contributed by atoms with Crippen LogP contribution in [0.3, 0.4) is 0 Å². The molecule has 0 amide bonds. The number of fused-ring (bicyclic) bond motifs is 5. The number of allylic oxidation sites excluding steroid dienone is 1. The van der Waals surface area contributed by atoms with E-state index >= 15 is 0 Å². The molecule has 0 saturated heterocycles. The smallest absolute Gasteiger partial charge is 0.323 e. The van der Waals surface area contributed by atoms with E-state index in [0.29, 0.717) is 19.3 Å². The van der Waals surface area contributed by atoms with Gasteiger partial charge in [-0.1, -0.05) is 19.4 Å². The Labute approximate surface area is 205 Å². The Balaban J connectivity index is 1.49. The number of carbonyl (C=O) groups excluding carboxylic acids is 3. The molecule has 3 saturated carbocycles. The monoisotopic (exact) mass is 491 g/mol. The molecule has 0 heterocycles. The van der Waals surface area contributed by atoms with Crippen LogP contribution in [0.15, 0.2) is 11.6 Å². The fourth-order valence-electron chi connectivity index (χ4n) is 7.91. The van der Waals surface area contributed by atoms with Crippen LogP contribution in [0, 0.1) is 28.6 Å². The molecule has 4 rings (SSSR count). The lowest BCUT2D eigenvalue weighted by Crippen LogP contribution is -2.62. The molecule has 8 unspecified atom stereocenters. The summed E-state index contributed by atoms with van der Waals surface area (Å²) in [5.74, 6) is -2.32. The summed E-state index contributed by atoms with van der Waals surface area (Å²) in [5.41, 5.74) is 3.91. The summed E-state index contributed by atoms with van der Waals surface area (Å²) in [6.07, 6.45) is 4.51. The SMILES string of the molecule is CC12CCC(=O)C=C1CCC1C2C(O)CC2(C)C1CCC2(O)C(=O)COC(=O)C(N)CCC(=O)O. The maximum Gasteiger partial charge on any atom is 0.323 e. The molecule has 0 bridgehead atoms. The number of aliphatic hydroxyl groups excluding tert-OH is 1. The molecule has 8 atom stereocenters. The Bertz CT molecular complexity index is 961. The topological polar surface area (TPSA) is 164 Å². The highest BCUT2D eigenvalue weighted by atomic mass is 16.5. The summed E-state index contributed by atoms with van der Waals surface area (Å²) < 4.78 is 5.06. The zero-order valence-electron chi connectivity index (χ0n) is 20.5. The second-order valence-electron chi connectivity index (χ2n) is 11.5. The Kier molecular flexibility index (Phi) is 6.74. The number of esters is 1. The Hall–Kier alpha value is -2.10. The van der Waals surface area contributed by atoms with Gasteiger partial charge in [0, 0.05) is 18.3 Å². The van der Waals surface area contributed by atoms with E-state index in [-0.39, 0.29) is 54.6 Å². The van der Waals surface area contributed by atoms with Crippen molar-refractivity contribution in [2.45, 2.75) is 89.4 Å². The van der Waals surface area contributed by atoms with Crippen molar-refractivity contribution in [1.29, 1.82) is 0 Å². The van der Waals surface area contributed by atoms with Crippen LogP contribution in [0.1, 0.15) is 71.6 Å². The fourth-order valence-corrected chi connectivity index (χ4v) is 7.91. The van der Waals surface area contributed by atoms with Gasteiger partial charge in [0.25, 0.3) is 0 Å². The number of aliphatic hydroxyl groups is 2. The first-order valence-corrected chi connectivity index (χ1v) is 12.6. The van der Waals surface area contributed by atoms with Crippen LogP contribution in [0.5, 0.6) is 0 Å². The van der Waals surface area contributed by atoms with Gasteiger partial charge in [0.2, 0.25) is 5.78 Å². The van der Waals surface area contributed by atoms with Crippen LogP contribution in [0.25, 0.3) is 0 Å². The molecule has 35 heavy (non-hydrogen) atoms. The third kappa shape index (κ3) is 4.15. The summed E-state index contributed by atoms with van der Waals surface area (Å²) in [5, 5.41) is 31.8. The van der Waals surface area contributed by atoms with Crippen LogP contribution in [-0.4, -0.2) is 63.2 Å². The number of Topliss-reactive ketones (excluding diaryl/α,β-unsaturated/α-hetero) is 1. The summed E-state index contributed by atoms with van der Waals surface area (Å²) in [7, 11) is 0. The summed E-state index contributed by atoms with van der Waals surface area (Å²) in [6.45, 7) is 3.36. The van der Waals surface area contributed by atoms with Crippen molar-refractivity contribution in [3.63, 3.8) is 0 Å². The van der Waals surface area contributed by atoms with E-state index in [4.69, 9.17) is 15.6 Å². The Morgan fingerprint density at radius 3 is 2.60 bits per heavy atom. The molecule has 0 aromatic rings. The quantitative estimate of drug-likeness (QED) is 0.386. The van der Waals surface area contributed by atoms with Gasteiger partial charge in [0.05, 0.1) is 6.10 Å². The second-order valence-corrected chi connectivity index (χ2v) is 11.5. The van der Waals surface area contributed by atoms with Crippen LogP contribution < -0.4 is 5.73 Å². The number of hydrogen-bond donors (Lipinski definition) is 4. The third-order valence-electron chi connectivity index (χ3n) is 9.83. The third-order valence-corrected chi connectivity index (χ3v) is 9.83. The minimum Gasteiger partial charge on any atom is -0.481 e. The van der Waals surface area contributed by atoms with Crippen molar-refractivity contribution >= 4 is 23.5 Å². The molecule has 0 radical (unpaired) electrons. The molecule has 0 aromatic carbocycles. The van der Waals surface area contributed by atoms with Gasteiger partial charge in [-0.2, -0.15) is 0 Å². The number of hydrogen-bond acceptors (Lipinski definition) is 8. The highest BCUT2D eigenvalue weighted by Gasteiger charge is 2.68. The number of aliphatic carboxylic acids is 1. The summed E-state index contributed by atoms with van der Waals surface area (Å²) >= 11 is 0. The van der Waals surface area contributed by atoms with E-state index < -0.39 is 47.5 Å². The van der Waals surface area contributed by atoms with Gasteiger partial charge in [-0.25, -0.2) is 0 Å². The predicted octanol–water partition coefficient (Wildman–Crippen LogP) is 1.52. The molecule has 0 spiro atoms. The molecule has 0 aromatic heterocycles. The largest absolute Gasteiger partial charge is 0.481 e. The van der Waals surface area contributed by atoms with E-state index in [1.807, 2.05) is 6.92 Å². The molecular formula is C26H37NO8. The van der Waals surface area contributed by atoms with Crippen LogP contribution in [0.2, 0.25) is 0 Å². The van der Waals surface area contributed by atoms with E-state index in [9.17, 15) is 29.4 Å². The summed E-state index contributed by atoms with van der Waals surface area (Å²) in [6, 6.07) is -1.16. The Morgan fingerprint density at radius 2 is 1.91 bits per heavy atom. The van der Waals surface area contributed by atoms with Crippen molar-refractivity contribution in [2.24, 2.45) is 34.3 Å². The number of nitrogens with two attached hydrogens (primary N) is 1. The fraction of sp³-hybridized carbons (Fsp3) is 0.769. The van der Waals surface area contributed by atoms with Crippen molar-refractivity contribution in [3.8, 4) is 0 Å². The first-order valence-electron chi connectivity index (χ1n) is 12.6. The van der Waals surface area contributed by atoms with Gasteiger partial charge in [0.15, 0.2) is 12.4 Å². The zero-order chi connectivity index (χ0) is 25.8. The van der Waals surface area contributed by atoms with Crippen LogP contribution in [0.4, 0.5) is 0 Å². The average Bonchev–Trinajstić information content (AvgIpc) is 3.06. The molecule has 4 aliphatic rings. The molecule has 5 N–H and O–H groups in total. The molecule has 9 heteroatoms. The lowest BCUT2D eigenvalue weighted by Gasteiger charge is -2.60. The number of carboxylic acid groups (broad SMARTS) is 1. The van der Waals surface area contributed by atoms with Crippen molar-refractivity contribution < 1.29 is 39.2 Å². The first-order chi connectivity index (χ1) is 16.3. The molecular weight excluding hydrogens is 454 g/mol. The van der Waals surface area contributed by atoms with E-state index in [2.05, 4.69) is 6.92 Å². The number of carbonyl (C=O) groups is 4. The zero-order valence-corrected chi connectivity index (χ0v) is 20.5. The molecule has 3 fully saturated rings. The summed E-state index contributed by atoms with van der Waals surface area (Å²) in [4.78, 5) is 48.1. The number of ketones is 2. The number of carboxylic acids is 1. The van der Waals surface area contributed by atoms with Crippen LogP contribution >= 0.6 is 0 Å². The van der Waals surface area contributed by atoms with E-state index in [1.54, 1.807) is 6.08 Å². The lowest BCUT2D eigenvalue weighted by atomic mass is 9.45. The predicted molar refractivity (Wildman–Crippen MR) is 124 cm³/mol. The van der Waals surface area contributed by atoms with Gasteiger partial charge >= 0.3 is 11.9 Å². The number of ether oxygens (including phenoxy) is 1. The van der Waals surface area contributed by atoms with E-state index in [1.165, 1.54) is 0 Å². The number of rotatable bonds is 7. The highest BCUT2D eigenvalue weighted by Crippen LogP contribution is 2.67. The minimum absolute atomic E-state index is 0.0226. The normalized spacial score (nSPS) is 41.2. The molecule has 9 nitrogen and oxygen atoms in total. The maximum atomic E-state index is 13.2. The van der Waals surface area contributed by atoms with Crippen molar-refractivity contribution in [3.05, 3.63) is 11.6 Å². The van der Waals surface area contributed by atoms with Crippen molar-refractivity contribution in [1.82, 2.24) is 0 Å². The first kappa shape index (κ1) is 26.0. The minimum atomic E-state index is -1.74. The van der Waals surface area contributed by atoms with Gasteiger partial charge in [-0.3, -0.25) is 19.2 Å². The standard InChI is InChI=1S/C26H37NO8/c1-24-9-7-15(28)11-14(24)3-4-16-17-8-10-26(34,25(17,2)12-19(29)22(16)24)20(30)13-35-23(33)18(27)5-6-21(31)32/h11,16-19,22,29,34H,3-10,12-13,27H2,1-2H3,(H,31,32). The highest BCUT2D eigenvalue weighted by molar-refractivity contribution is 5.92. The average molecular weight is 492 g/mol. The Morgan fingerprint density at radius 1 is 1.20 bits per heavy atom. The van der Waals surface area contributed by atoms with Gasteiger partial charge in [-0.05, 0) is 74.2 Å². The van der Waals surface area contributed by atoms with Gasteiger partial charge in [-0.15, -0.1) is 0 Å². The van der Waals surface area contributed by atoms with Gasteiger partial charge in [0.1, 0.15) is 11.6 Å². The van der Waals surface area contributed by atoms with Gasteiger partial charge < -0.3 is 25.8 Å². The molecule has 4 aliphatic carbocycles. The van der Waals surface area contributed by atoms with E-state index in [0.717, 1.165) is 18.4 Å². The van der Waals surface area contributed by atoms with Crippen LogP contribution in [-0.2, 0) is 23.9 Å². The van der Waals surface area contributed by atoms with Crippen molar-refractivity contribution in [2.75, 3.05) is 6.61 Å².